The molecule has 1 amide bonds. The number of hydrogen-bond donors (Lipinski definition) is 0. The van der Waals surface area contributed by atoms with E-state index in [2.05, 4.69) is 4.98 Å². The Hall–Kier alpha value is -1.45. The molecule has 0 N–H and O–H groups in total. The zero-order chi connectivity index (χ0) is 10.8. The van der Waals surface area contributed by atoms with Gasteiger partial charge in [0.05, 0.1) is 11.8 Å². The summed E-state index contributed by atoms with van der Waals surface area (Å²) in [5.74, 6) is -0.762. The quantitative estimate of drug-likeness (QED) is 0.705. The summed E-state index contributed by atoms with van der Waals surface area (Å²) < 4.78 is 13.3. The van der Waals surface area contributed by atoms with Gasteiger partial charge in [0.1, 0.15) is 0 Å². The van der Waals surface area contributed by atoms with Gasteiger partial charge < -0.3 is 4.90 Å². The number of rotatable bonds is 1. The monoisotopic (exact) mass is 208 g/mol. The van der Waals surface area contributed by atoms with E-state index >= 15 is 0 Å². The first-order valence-electron chi connectivity index (χ1n) is 5.10. The normalized spacial score (nSPS) is 20.7. The van der Waals surface area contributed by atoms with E-state index in [1.54, 1.807) is 4.90 Å². The molecule has 0 aliphatic carbocycles. The Balaban J connectivity index is 2.24. The molecule has 2 rings (SSSR count). The van der Waals surface area contributed by atoms with Gasteiger partial charge in [0.2, 0.25) is 0 Å². The molecule has 0 spiro atoms. The standard InChI is InChI=1S/C11H13FN2O/c1-8-3-2-6-14(8)11(15)9-4-5-13-7-10(9)12/h4-5,7-8H,2-3,6H2,1H3. The third kappa shape index (κ3) is 1.84. The molecule has 15 heavy (non-hydrogen) atoms. The van der Waals surface area contributed by atoms with Crippen LogP contribution in [-0.4, -0.2) is 28.4 Å². The van der Waals surface area contributed by atoms with Crippen molar-refractivity contribution in [3.05, 3.63) is 29.8 Å². The van der Waals surface area contributed by atoms with E-state index in [1.807, 2.05) is 6.92 Å². The third-order valence-electron chi connectivity index (χ3n) is 2.82. The van der Waals surface area contributed by atoms with Gasteiger partial charge in [-0.1, -0.05) is 0 Å². The molecule has 1 unspecified atom stereocenters. The summed E-state index contributed by atoms with van der Waals surface area (Å²) in [5.41, 5.74) is 0.124. The molecule has 0 aromatic carbocycles. The molecule has 3 nitrogen and oxygen atoms in total. The fourth-order valence-electron chi connectivity index (χ4n) is 1.94. The Labute approximate surface area is 87.9 Å². The minimum Gasteiger partial charge on any atom is -0.336 e. The molecule has 1 atom stereocenters. The summed E-state index contributed by atoms with van der Waals surface area (Å²) in [6.07, 6.45) is 4.52. The predicted molar refractivity (Wildman–Crippen MR) is 53.9 cm³/mol. The smallest absolute Gasteiger partial charge is 0.257 e. The molecule has 4 heteroatoms. The first-order valence-corrected chi connectivity index (χ1v) is 5.10. The van der Waals surface area contributed by atoms with Crippen LogP contribution >= 0.6 is 0 Å². The van der Waals surface area contributed by atoms with Gasteiger partial charge in [0.25, 0.3) is 5.91 Å². The fraction of sp³-hybridized carbons (Fsp3) is 0.455. The van der Waals surface area contributed by atoms with E-state index in [0.29, 0.717) is 0 Å². The highest BCUT2D eigenvalue weighted by Crippen LogP contribution is 2.20. The number of halogens is 1. The average molecular weight is 208 g/mol. The summed E-state index contributed by atoms with van der Waals surface area (Å²) in [6, 6.07) is 1.65. The lowest BCUT2D eigenvalue weighted by Crippen LogP contribution is -2.34. The number of carbonyl (C=O) groups is 1. The van der Waals surface area contributed by atoms with Gasteiger partial charge in [-0.15, -0.1) is 0 Å². The zero-order valence-electron chi connectivity index (χ0n) is 8.61. The first-order chi connectivity index (χ1) is 7.20. The van der Waals surface area contributed by atoms with E-state index in [4.69, 9.17) is 0 Å². The lowest BCUT2D eigenvalue weighted by atomic mass is 10.2. The largest absolute Gasteiger partial charge is 0.336 e. The fourth-order valence-corrected chi connectivity index (χ4v) is 1.94. The number of pyridine rings is 1. The SMILES string of the molecule is CC1CCCN1C(=O)c1ccncc1F. The molecule has 1 fully saturated rings. The van der Waals surface area contributed by atoms with Gasteiger partial charge in [0.15, 0.2) is 5.82 Å². The molecule has 1 aliphatic heterocycles. The molecule has 2 heterocycles. The van der Waals surface area contributed by atoms with Crippen LogP contribution < -0.4 is 0 Å². The summed E-state index contributed by atoms with van der Waals surface area (Å²) in [5, 5.41) is 0. The summed E-state index contributed by atoms with van der Waals surface area (Å²) in [4.78, 5) is 17.3. The van der Waals surface area contributed by atoms with Gasteiger partial charge in [-0.2, -0.15) is 0 Å². The number of carbonyl (C=O) groups excluding carboxylic acids is 1. The van der Waals surface area contributed by atoms with Crippen LogP contribution in [0.25, 0.3) is 0 Å². The van der Waals surface area contributed by atoms with Crippen molar-refractivity contribution in [1.82, 2.24) is 9.88 Å². The molecule has 0 saturated carbocycles. The summed E-state index contributed by atoms with van der Waals surface area (Å²) in [7, 11) is 0. The highest BCUT2D eigenvalue weighted by atomic mass is 19.1. The number of likely N-dealkylation sites (tertiary alicyclic amines) is 1. The second-order valence-corrected chi connectivity index (χ2v) is 3.85. The third-order valence-corrected chi connectivity index (χ3v) is 2.82. The lowest BCUT2D eigenvalue weighted by molar-refractivity contribution is 0.0742. The van der Waals surface area contributed by atoms with E-state index < -0.39 is 5.82 Å². The number of nitrogens with zero attached hydrogens (tertiary/aromatic N) is 2. The van der Waals surface area contributed by atoms with Crippen LogP contribution in [0.2, 0.25) is 0 Å². The average Bonchev–Trinajstić information content (AvgIpc) is 2.64. The Bertz CT molecular complexity index is 381. The van der Waals surface area contributed by atoms with Crippen molar-refractivity contribution in [3.8, 4) is 0 Å². The Morgan fingerprint density at radius 1 is 1.67 bits per heavy atom. The van der Waals surface area contributed by atoms with Crippen LogP contribution in [0.15, 0.2) is 18.5 Å². The molecule has 80 valence electrons. The second-order valence-electron chi connectivity index (χ2n) is 3.85. The Kier molecular flexibility index (Phi) is 2.66. The van der Waals surface area contributed by atoms with Gasteiger partial charge in [-0.05, 0) is 25.8 Å². The van der Waals surface area contributed by atoms with E-state index in [1.165, 1.54) is 12.3 Å². The highest BCUT2D eigenvalue weighted by molar-refractivity contribution is 5.94. The lowest BCUT2D eigenvalue weighted by Gasteiger charge is -2.21. The van der Waals surface area contributed by atoms with Crippen LogP contribution in [-0.2, 0) is 0 Å². The van der Waals surface area contributed by atoms with Crippen molar-refractivity contribution in [2.45, 2.75) is 25.8 Å². The first kappa shape index (κ1) is 10.1. The number of hydrogen-bond acceptors (Lipinski definition) is 2. The van der Waals surface area contributed by atoms with Gasteiger partial charge >= 0.3 is 0 Å². The zero-order valence-corrected chi connectivity index (χ0v) is 8.61. The minimum absolute atomic E-state index is 0.124. The molecule has 1 aromatic rings. The maximum Gasteiger partial charge on any atom is 0.257 e. The number of amides is 1. The topological polar surface area (TPSA) is 33.2 Å². The van der Waals surface area contributed by atoms with Crippen molar-refractivity contribution in [1.29, 1.82) is 0 Å². The van der Waals surface area contributed by atoms with Gasteiger partial charge in [-0.3, -0.25) is 9.78 Å². The molecule has 1 saturated heterocycles. The maximum atomic E-state index is 13.3. The van der Waals surface area contributed by atoms with E-state index in [-0.39, 0.29) is 17.5 Å². The molecule has 0 bridgehead atoms. The summed E-state index contributed by atoms with van der Waals surface area (Å²) in [6.45, 7) is 2.71. The maximum absolute atomic E-state index is 13.3. The minimum atomic E-state index is -0.540. The number of aromatic nitrogens is 1. The predicted octanol–water partition coefficient (Wildman–Crippen LogP) is 1.85. The molecular formula is C11H13FN2O. The molecule has 1 aliphatic rings. The van der Waals surface area contributed by atoms with Gasteiger partial charge in [0, 0.05) is 18.8 Å². The van der Waals surface area contributed by atoms with Crippen molar-refractivity contribution >= 4 is 5.91 Å². The second kappa shape index (κ2) is 3.96. The van der Waals surface area contributed by atoms with Gasteiger partial charge in [-0.25, -0.2) is 4.39 Å². The Morgan fingerprint density at radius 3 is 3.07 bits per heavy atom. The van der Waals surface area contributed by atoms with Crippen LogP contribution in [0.5, 0.6) is 0 Å². The van der Waals surface area contributed by atoms with Crippen LogP contribution in [0.4, 0.5) is 4.39 Å². The van der Waals surface area contributed by atoms with Crippen molar-refractivity contribution in [2.24, 2.45) is 0 Å². The molecular weight excluding hydrogens is 195 g/mol. The van der Waals surface area contributed by atoms with Crippen LogP contribution in [0.1, 0.15) is 30.1 Å². The van der Waals surface area contributed by atoms with Crippen LogP contribution in [0, 0.1) is 5.82 Å². The van der Waals surface area contributed by atoms with Crippen molar-refractivity contribution in [3.63, 3.8) is 0 Å². The molecule has 1 aromatic heterocycles. The van der Waals surface area contributed by atoms with E-state index in [9.17, 15) is 9.18 Å². The molecule has 0 radical (unpaired) electrons. The van der Waals surface area contributed by atoms with E-state index in [0.717, 1.165) is 25.6 Å². The van der Waals surface area contributed by atoms with Crippen molar-refractivity contribution < 1.29 is 9.18 Å². The van der Waals surface area contributed by atoms with Crippen LogP contribution in [0.3, 0.4) is 0 Å². The Morgan fingerprint density at radius 2 is 2.47 bits per heavy atom. The highest BCUT2D eigenvalue weighted by Gasteiger charge is 2.27. The van der Waals surface area contributed by atoms with Crippen molar-refractivity contribution in [2.75, 3.05) is 6.54 Å². The summed E-state index contributed by atoms with van der Waals surface area (Å²) >= 11 is 0.